The van der Waals surface area contributed by atoms with Crippen molar-refractivity contribution in [2.75, 3.05) is 18.0 Å². The lowest BCUT2D eigenvalue weighted by atomic mass is 10.1. The van der Waals surface area contributed by atoms with Gasteiger partial charge in [-0.2, -0.15) is 0 Å². The van der Waals surface area contributed by atoms with Gasteiger partial charge in [0.2, 0.25) is 5.91 Å². The maximum Gasteiger partial charge on any atom is 0.223 e. The average molecular weight is 298 g/mol. The second-order valence-corrected chi connectivity index (χ2v) is 5.37. The van der Waals surface area contributed by atoms with E-state index in [1.807, 2.05) is 24.3 Å². The number of fused-ring (bicyclic) bond motifs is 1. The third kappa shape index (κ3) is 2.94. The summed E-state index contributed by atoms with van der Waals surface area (Å²) >= 11 is 0. The Morgan fingerprint density at radius 1 is 1.32 bits per heavy atom. The van der Waals surface area contributed by atoms with Crippen molar-refractivity contribution in [2.24, 2.45) is 0 Å². The molecule has 0 spiro atoms. The van der Waals surface area contributed by atoms with Crippen LogP contribution < -0.4 is 10.2 Å². The summed E-state index contributed by atoms with van der Waals surface area (Å²) in [7, 11) is 0. The fourth-order valence-electron chi connectivity index (χ4n) is 2.72. The number of nitrogens with one attached hydrogen (secondary N) is 1. The largest absolute Gasteiger partial charge is 0.468 e. The molecule has 2 heterocycles. The first kappa shape index (κ1) is 14.5. The summed E-state index contributed by atoms with van der Waals surface area (Å²) in [4.78, 5) is 25.5. The van der Waals surface area contributed by atoms with Gasteiger partial charge in [0.1, 0.15) is 5.76 Å². The number of hydrogen-bond donors (Lipinski definition) is 1. The Kier molecular flexibility index (Phi) is 4.06. The number of anilines is 1. The number of benzene rings is 1. The van der Waals surface area contributed by atoms with Crippen LogP contribution in [0.25, 0.3) is 0 Å². The predicted molar refractivity (Wildman–Crippen MR) is 82.9 cm³/mol. The van der Waals surface area contributed by atoms with Crippen LogP contribution in [0.3, 0.4) is 0 Å². The smallest absolute Gasteiger partial charge is 0.223 e. The number of amides is 1. The number of Topliss-reactive ketones (excluding diaryl/α,β-unsaturated/α-hetero) is 1. The molecule has 0 aliphatic carbocycles. The van der Waals surface area contributed by atoms with Gasteiger partial charge >= 0.3 is 0 Å². The molecule has 0 saturated heterocycles. The molecule has 0 bridgehead atoms. The van der Waals surface area contributed by atoms with Crippen LogP contribution in [0.4, 0.5) is 5.69 Å². The van der Waals surface area contributed by atoms with E-state index in [1.54, 1.807) is 24.2 Å². The van der Waals surface area contributed by atoms with Crippen molar-refractivity contribution < 1.29 is 14.0 Å². The van der Waals surface area contributed by atoms with E-state index in [0.717, 1.165) is 23.4 Å². The number of carbonyl (C=O) groups is 2. The number of ketones is 1. The molecule has 114 valence electrons. The SMILES string of the molecule is CC(=O)N1CCc2cc(C(=O)CNCc3ccco3)ccc21. The first-order valence-corrected chi connectivity index (χ1v) is 7.32. The zero-order valence-corrected chi connectivity index (χ0v) is 12.5. The van der Waals surface area contributed by atoms with Crippen LogP contribution in [0.15, 0.2) is 41.0 Å². The van der Waals surface area contributed by atoms with Gasteiger partial charge in [-0.25, -0.2) is 0 Å². The first-order chi connectivity index (χ1) is 10.6. The van der Waals surface area contributed by atoms with Crippen LogP contribution in [0.5, 0.6) is 0 Å². The number of hydrogen-bond acceptors (Lipinski definition) is 4. The summed E-state index contributed by atoms with van der Waals surface area (Å²) in [5.74, 6) is 0.882. The van der Waals surface area contributed by atoms with E-state index in [1.165, 1.54) is 0 Å². The Balaban J connectivity index is 1.63. The Labute approximate surface area is 128 Å². The quantitative estimate of drug-likeness (QED) is 0.859. The third-order valence-corrected chi connectivity index (χ3v) is 3.84. The average Bonchev–Trinajstić information content (AvgIpc) is 3.15. The fourth-order valence-corrected chi connectivity index (χ4v) is 2.72. The summed E-state index contributed by atoms with van der Waals surface area (Å²) in [6.07, 6.45) is 2.41. The predicted octanol–water partition coefficient (Wildman–Crippen LogP) is 2.16. The summed E-state index contributed by atoms with van der Waals surface area (Å²) in [6, 6.07) is 9.24. The number of rotatable bonds is 5. The molecule has 5 heteroatoms. The van der Waals surface area contributed by atoms with Gasteiger partial charge in [-0.05, 0) is 42.3 Å². The summed E-state index contributed by atoms with van der Waals surface area (Å²) in [6.45, 7) is 3.05. The minimum absolute atomic E-state index is 0.0376. The minimum Gasteiger partial charge on any atom is -0.468 e. The van der Waals surface area contributed by atoms with Gasteiger partial charge in [-0.3, -0.25) is 9.59 Å². The molecule has 1 aromatic heterocycles. The molecular formula is C17H18N2O3. The van der Waals surface area contributed by atoms with Crippen molar-refractivity contribution in [3.63, 3.8) is 0 Å². The molecule has 0 radical (unpaired) electrons. The lowest BCUT2D eigenvalue weighted by Gasteiger charge is -2.14. The molecule has 3 rings (SSSR count). The van der Waals surface area contributed by atoms with Crippen molar-refractivity contribution in [3.8, 4) is 0 Å². The van der Waals surface area contributed by atoms with Gasteiger partial charge in [-0.15, -0.1) is 0 Å². The molecule has 22 heavy (non-hydrogen) atoms. The van der Waals surface area contributed by atoms with Gasteiger partial charge < -0.3 is 14.6 Å². The van der Waals surface area contributed by atoms with E-state index in [0.29, 0.717) is 18.7 Å². The third-order valence-electron chi connectivity index (χ3n) is 3.84. The van der Waals surface area contributed by atoms with Crippen molar-refractivity contribution >= 4 is 17.4 Å². The topological polar surface area (TPSA) is 62.6 Å². The zero-order valence-electron chi connectivity index (χ0n) is 12.5. The Hall–Kier alpha value is -2.40. The van der Waals surface area contributed by atoms with Crippen LogP contribution in [-0.4, -0.2) is 24.8 Å². The highest BCUT2D eigenvalue weighted by Gasteiger charge is 2.22. The number of carbonyl (C=O) groups excluding carboxylic acids is 2. The molecule has 1 aliphatic rings. The lowest BCUT2D eigenvalue weighted by molar-refractivity contribution is -0.116. The van der Waals surface area contributed by atoms with Crippen LogP contribution in [0.1, 0.15) is 28.6 Å². The molecule has 1 aromatic carbocycles. The van der Waals surface area contributed by atoms with Gasteiger partial charge in [0.25, 0.3) is 0 Å². The summed E-state index contributed by atoms with van der Waals surface area (Å²) in [5, 5.41) is 3.07. The highest BCUT2D eigenvalue weighted by Crippen LogP contribution is 2.28. The van der Waals surface area contributed by atoms with Gasteiger partial charge in [-0.1, -0.05) is 0 Å². The van der Waals surface area contributed by atoms with Crippen molar-refractivity contribution in [2.45, 2.75) is 19.9 Å². The monoisotopic (exact) mass is 298 g/mol. The number of nitrogens with zero attached hydrogens (tertiary/aromatic N) is 1. The Bertz CT molecular complexity index is 692. The maximum absolute atomic E-state index is 12.2. The Morgan fingerprint density at radius 2 is 2.18 bits per heavy atom. The first-order valence-electron chi connectivity index (χ1n) is 7.32. The normalized spacial score (nSPS) is 13.2. The van der Waals surface area contributed by atoms with E-state index in [2.05, 4.69) is 5.32 Å². The van der Waals surface area contributed by atoms with Gasteiger partial charge in [0, 0.05) is 24.7 Å². The van der Waals surface area contributed by atoms with Gasteiger partial charge in [0.05, 0.1) is 19.4 Å². The van der Waals surface area contributed by atoms with Crippen LogP contribution in [0, 0.1) is 0 Å². The molecule has 1 N–H and O–H groups in total. The van der Waals surface area contributed by atoms with E-state index in [-0.39, 0.29) is 18.2 Å². The summed E-state index contributed by atoms with van der Waals surface area (Å²) < 4.78 is 5.20. The molecule has 1 aliphatic heterocycles. The second-order valence-electron chi connectivity index (χ2n) is 5.37. The van der Waals surface area contributed by atoms with Crippen LogP contribution >= 0.6 is 0 Å². The Morgan fingerprint density at radius 3 is 2.91 bits per heavy atom. The van der Waals surface area contributed by atoms with E-state index in [9.17, 15) is 9.59 Å². The van der Waals surface area contributed by atoms with E-state index >= 15 is 0 Å². The highest BCUT2D eigenvalue weighted by molar-refractivity contribution is 5.99. The van der Waals surface area contributed by atoms with E-state index in [4.69, 9.17) is 4.42 Å². The molecule has 0 fully saturated rings. The highest BCUT2D eigenvalue weighted by atomic mass is 16.3. The summed E-state index contributed by atoms with van der Waals surface area (Å²) in [5.41, 5.74) is 2.66. The molecule has 0 atom stereocenters. The standard InChI is InChI=1S/C17H18N2O3/c1-12(20)19-7-6-13-9-14(4-5-16(13)19)17(21)11-18-10-15-3-2-8-22-15/h2-5,8-9,18H,6-7,10-11H2,1H3. The fraction of sp³-hybridized carbons (Fsp3) is 0.294. The second kappa shape index (κ2) is 6.15. The van der Waals surface area contributed by atoms with Crippen molar-refractivity contribution in [1.82, 2.24) is 5.32 Å². The molecule has 0 saturated carbocycles. The molecule has 0 unspecified atom stereocenters. The van der Waals surface area contributed by atoms with Crippen molar-refractivity contribution in [3.05, 3.63) is 53.5 Å². The number of furan rings is 1. The van der Waals surface area contributed by atoms with Crippen molar-refractivity contribution in [1.29, 1.82) is 0 Å². The molecule has 2 aromatic rings. The molecule has 1 amide bonds. The van der Waals surface area contributed by atoms with Crippen LogP contribution in [0.2, 0.25) is 0 Å². The van der Waals surface area contributed by atoms with E-state index < -0.39 is 0 Å². The van der Waals surface area contributed by atoms with Crippen LogP contribution in [-0.2, 0) is 17.8 Å². The maximum atomic E-state index is 12.2. The molecular weight excluding hydrogens is 280 g/mol. The minimum atomic E-state index is 0.0376. The zero-order chi connectivity index (χ0) is 15.5. The lowest BCUT2D eigenvalue weighted by Crippen LogP contribution is -2.25. The molecule has 5 nitrogen and oxygen atoms in total. The van der Waals surface area contributed by atoms with Gasteiger partial charge in [0.15, 0.2) is 5.78 Å².